The highest BCUT2D eigenvalue weighted by Crippen LogP contribution is 2.16. The fraction of sp³-hybridized carbons (Fsp3) is 0.300. The lowest BCUT2D eigenvalue weighted by Crippen LogP contribution is -2.13. The molecular weight excluding hydrogens is 318 g/mol. The number of ketones is 1. The van der Waals surface area contributed by atoms with Gasteiger partial charge in [0.1, 0.15) is 11.5 Å². The van der Waals surface area contributed by atoms with Gasteiger partial charge in [-0.05, 0) is 55.0 Å². The summed E-state index contributed by atoms with van der Waals surface area (Å²) in [5.41, 5.74) is 1.26. The molecule has 0 aliphatic rings. The maximum absolute atomic E-state index is 12.2. The summed E-state index contributed by atoms with van der Waals surface area (Å²) in [5, 5.41) is 2.77. The first-order valence-corrected chi connectivity index (χ1v) is 8.32. The smallest absolute Gasteiger partial charge is 0.224 e. The van der Waals surface area contributed by atoms with Gasteiger partial charge in [-0.2, -0.15) is 0 Å². The first-order chi connectivity index (χ1) is 12.1. The molecule has 0 aliphatic heterocycles. The van der Waals surface area contributed by atoms with E-state index in [1.165, 1.54) is 0 Å². The molecule has 2 aromatic rings. The summed E-state index contributed by atoms with van der Waals surface area (Å²) in [5.74, 6) is 1.21. The predicted octanol–water partition coefficient (Wildman–Crippen LogP) is 4.09. The van der Waals surface area contributed by atoms with Gasteiger partial charge in [0.05, 0.1) is 13.7 Å². The fourth-order valence-electron chi connectivity index (χ4n) is 2.23. The molecule has 0 fully saturated rings. The van der Waals surface area contributed by atoms with Crippen molar-refractivity contribution in [2.75, 3.05) is 19.0 Å². The maximum atomic E-state index is 12.2. The van der Waals surface area contributed by atoms with Crippen molar-refractivity contribution in [2.24, 2.45) is 0 Å². The van der Waals surface area contributed by atoms with E-state index >= 15 is 0 Å². The van der Waals surface area contributed by atoms with Crippen molar-refractivity contribution in [3.05, 3.63) is 54.1 Å². The summed E-state index contributed by atoms with van der Waals surface area (Å²) in [7, 11) is 1.58. The number of ether oxygens (including phenoxy) is 2. The maximum Gasteiger partial charge on any atom is 0.224 e. The van der Waals surface area contributed by atoms with E-state index in [1.54, 1.807) is 55.6 Å². The summed E-state index contributed by atoms with van der Waals surface area (Å²) in [4.78, 5) is 24.1. The lowest BCUT2D eigenvalue weighted by molar-refractivity contribution is -0.116. The van der Waals surface area contributed by atoms with E-state index in [0.29, 0.717) is 17.9 Å². The topological polar surface area (TPSA) is 64.6 Å². The Hall–Kier alpha value is -2.82. The molecular formula is C20H23NO4. The minimum absolute atomic E-state index is 0.0630. The molecule has 0 saturated heterocycles. The Morgan fingerprint density at radius 3 is 2.16 bits per heavy atom. The zero-order chi connectivity index (χ0) is 18.1. The highest BCUT2D eigenvalue weighted by Gasteiger charge is 2.10. The summed E-state index contributed by atoms with van der Waals surface area (Å²) < 4.78 is 10.6. The number of methoxy groups -OCH3 is 1. The van der Waals surface area contributed by atoms with Crippen LogP contribution in [0.25, 0.3) is 0 Å². The predicted molar refractivity (Wildman–Crippen MR) is 97.4 cm³/mol. The number of carbonyl (C=O) groups is 2. The molecule has 1 amide bonds. The molecule has 0 unspecified atom stereocenters. The van der Waals surface area contributed by atoms with E-state index < -0.39 is 0 Å². The third-order valence-corrected chi connectivity index (χ3v) is 3.60. The Morgan fingerprint density at radius 1 is 0.920 bits per heavy atom. The van der Waals surface area contributed by atoms with Gasteiger partial charge in [-0.15, -0.1) is 0 Å². The van der Waals surface area contributed by atoms with Crippen LogP contribution in [-0.2, 0) is 4.79 Å². The average Bonchev–Trinajstić information content (AvgIpc) is 2.65. The second-order valence-electron chi connectivity index (χ2n) is 5.57. The van der Waals surface area contributed by atoms with E-state index in [-0.39, 0.29) is 24.5 Å². The molecule has 0 aliphatic carbocycles. The van der Waals surface area contributed by atoms with Gasteiger partial charge >= 0.3 is 0 Å². The Kier molecular flexibility index (Phi) is 7.01. The van der Waals surface area contributed by atoms with Crippen molar-refractivity contribution in [2.45, 2.75) is 26.2 Å². The van der Waals surface area contributed by atoms with Crippen molar-refractivity contribution in [3.8, 4) is 11.5 Å². The molecule has 5 heteroatoms. The Morgan fingerprint density at radius 2 is 1.56 bits per heavy atom. The van der Waals surface area contributed by atoms with E-state index in [0.717, 1.165) is 17.9 Å². The zero-order valence-electron chi connectivity index (χ0n) is 14.6. The van der Waals surface area contributed by atoms with Crippen LogP contribution >= 0.6 is 0 Å². The third kappa shape index (κ3) is 5.95. The number of hydrogen-bond donors (Lipinski definition) is 1. The molecule has 0 atom stereocenters. The number of rotatable bonds is 9. The minimum atomic E-state index is -0.193. The molecule has 25 heavy (non-hydrogen) atoms. The second kappa shape index (κ2) is 9.47. The van der Waals surface area contributed by atoms with E-state index in [4.69, 9.17) is 9.47 Å². The normalized spacial score (nSPS) is 10.2. The Balaban J connectivity index is 1.81. The van der Waals surface area contributed by atoms with Gasteiger partial charge in [0, 0.05) is 24.1 Å². The van der Waals surface area contributed by atoms with Crippen LogP contribution in [0.1, 0.15) is 36.5 Å². The number of carbonyl (C=O) groups excluding carboxylic acids is 2. The summed E-state index contributed by atoms with van der Waals surface area (Å²) in [6, 6.07) is 14.1. The minimum Gasteiger partial charge on any atom is -0.497 e. The molecule has 0 saturated carbocycles. The lowest BCUT2D eigenvalue weighted by Gasteiger charge is -2.07. The highest BCUT2D eigenvalue weighted by molar-refractivity contribution is 6.00. The van der Waals surface area contributed by atoms with Gasteiger partial charge in [-0.3, -0.25) is 9.59 Å². The number of nitrogens with one attached hydrogen (secondary N) is 1. The third-order valence-electron chi connectivity index (χ3n) is 3.60. The van der Waals surface area contributed by atoms with Crippen molar-refractivity contribution >= 4 is 17.4 Å². The highest BCUT2D eigenvalue weighted by atomic mass is 16.5. The van der Waals surface area contributed by atoms with Crippen LogP contribution in [0.3, 0.4) is 0 Å². The van der Waals surface area contributed by atoms with Crippen LogP contribution in [0, 0.1) is 0 Å². The van der Waals surface area contributed by atoms with Gasteiger partial charge < -0.3 is 14.8 Å². The molecule has 0 radical (unpaired) electrons. The van der Waals surface area contributed by atoms with Crippen LogP contribution in [-0.4, -0.2) is 25.4 Å². The Labute approximate surface area is 148 Å². The number of hydrogen-bond acceptors (Lipinski definition) is 4. The van der Waals surface area contributed by atoms with E-state index in [9.17, 15) is 9.59 Å². The van der Waals surface area contributed by atoms with Crippen molar-refractivity contribution in [1.29, 1.82) is 0 Å². The monoisotopic (exact) mass is 341 g/mol. The number of Topliss-reactive ketones (excluding diaryl/α,β-unsaturated/α-hetero) is 1. The summed E-state index contributed by atoms with van der Waals surface area (Å²) in [6.45, 7) is 2.69. The van der Waals surface area contributed by atoms with Crippen LogP contribution < -0.4 is 14.8 Å². The fourth-order valence-corrected chi connectivity index (χ4v) is 2.23. The number of benzene rings is 2. The molecule has 2 rings (SSSR count). The zero-order valence-corrected chi connectivity index (χ0v) is 14.6. The molecule has 2 aromatic carbocycles. The molecule has 0 spiro atoms. The molecule has 132 valence electrons. The summed E-state index contributed by atoms with van der Waals surface area (Å²) in [6.07, 6.45) is 1.24. The standard InChI is InChI=1S/C20H23NO4/c1-3-14-25-18-8-4-15(5-9-18)19(22)12-13-20(23)21-16-6-10-17(24-2)11-7-16/h4-11H,3,12-14H2,1-2H3,(H,21,23). The molecule has 0 aromatic heterocycles. The molecule has 5 nitrogen and oxygen atoms in total. The van der Waals surface area contributed by atoms with Crippen molar-refractivity contribution < 1.29 is 19.1 Å². The number of amides is 1. The average molecular weight is 341 g/mol. The van der Waals surface area contributed by atoms with Gasteiger partial charge in [0.15, 0.2) is 5.78 Å². The van der Waals surface area contributed by atoms with Gasteiger partial charge in [-0.1, -0.05) is 6.92 Å². The SMILES string of the molecule is CCCOc1ccc(C(=O)CCC(=O)Nc2ccc(OC)cc2)cc1. The van der Waals surface area contributed by atoms with Gasteiger partial charge in [-0.25, -0.2) is 0 Å². The summed E-state index contributed by atoms with van der Waals surface area (Å²) >= 11 is 0. The molecule has 0 heterocycles. The van der Waals surface area contributed by atoms with Crippen LogP contribution in [0.4, 0.5) is 5.69 Å². The second-order valence-corrected chi connectivity index (χ2v) is 5.57. The van der Waals surface area contributed by atoms with Crippen LogP contribution in [0.15, 0.2) is 48.5 Å². The molecule has 0 bridgehead atoms. The first kappa shape index (κ1) is 18.5. The van der Waals surface area contributed by atoms with Crippen molar-refractivity contribution in [3.63, 3.8) is 0 Å². The van der Waals surface area contributed by atoms with Crippen LogP contribution in [0.2, 0.25) is 0 Å². The quantitative estimate of drug-likeness (QED) is 0.698. The van der Waals surface area contributed by atoms with Gasteiger partial charge in [0.25, 0.3) is 0 Å². The molecule has 1 N–H and O–H groups in total. The van der Waals surface area contributed by atoms with E-state index in [1.807, 2.05) is 6.92 Å². The van der Waals surface area contributed by atoms with Gasteiger partial charge in [0.2, 0.25) is 5.91 Å². The van der Waals surface area contributed by atoms with Crippen LogP contribution in [0.5, 0.6) is 11.5 Å². The lowest BCUT2D eigenvalue weighted by atomic mass is 10.1. The first-order valence-electron chi connectivity index (χ1n) is 8.32. The Bertz CT molecular complexity index is 693. The van der Waals surface area contributed by atoms with Crippen molar-refractivity contribution in [1.82, 2.24) is 0 Å². The number of anilines is 1. The van der Waals surface area contributed by atoms with E-state index in [2.05, 4.69) is 5.32 Å². The largest absolute Gasteiger partial charge is 0.497 e.